The average molecular weight is 472 g/mol. The largest absolute Gasteiger partial charge is 0.346 e. The molecule has 176 valence electrons. The quantitative estimate of drug-likeness (QED) is 0.466. The SMILES string of the molecule is N#Cc1ccc(C(=O)N2CCN3CC(CN)n4ncc(-c5ncnc6[nH]ccc56)c4[C@H]3C2)c(F)c1. The first-order valence-electron chi connectivity index (χ1n) is 11.4. The summed E-state index contributed by atoms with van der Waals surface area (Å²) in [4.78, 5) is 29.2. The second-order valence-corrected chi connectivity index (χ2v) is 8.81. The van der Waals surface area contributed by atoms with Gasteiger partial charge in [0.2, 0.25) is 0 Å². The summed E-state index contributed by atoms with van der Waals surface area (Å²) >= 11 is 0. The molecule has 0 aliphatic carbocycles. The fourth-order valence-corrected chi connectivity index (χ4v) is 5.20. The molecule has 4 aromatic rings. The summed E-state index contributed by atoms with van der Waals surface area (Å²) in [7, 11) is 0. The fraction of sp³-hybridized carbons (Fsp3) is 0.292. The number of hydrogen-bond donors (Lipinski definition) is 2. The van der Waals surface area contributed by atoms with E-state index in [-0.39, 0.29) is 23.2 Å². The molecule has 0 saturated carbocycles. The Hall–Kier alpha value is -4.14. The molecule has 2 atom stereocenters. The maximum absolute atomic E-state index is 14.6. The third-order valence-corrected chi connectivity index (χ3v) is 6.93. The van der Waals surface area contributed by atoms with Crippen molar-refractivity contribution in [2.45, 2.75) is 12.1 Å². The molecule has 2 aliphatic rings. The zero-order chi connectivity index (χ0) is 24.1. The fourth-order valence-electron chi connectivity index (χ4n) is 5.20. The number of benzene rings is 1. The van der Waals surface area contributed by atoms with Crippen molar-refractivity contribution in [3.8, 4) is 17.3 Å². The highest BCUT2D eigenvalue weighted by Crippen LogP contribution is 2.40. The first-order valence-corrected chi connectivity index (χ1v) is 11.4. The van der Waals surface area contributed by atoms with Gasteiger partial charge in [-0.3, -0.25) is 14.4 Å². The van der Waals surface area contributed by atoms with Crippen LogP contribution in [-0.4, -0.2) is 73.2 Å². The first kappa shape index (κ1) is 21.4. The predicted octanol–water partition coefficient (Wildman–Crippen LogP) is 1.84. The molecule has 6 rings (SSSR count). The second kappa shape index (κ2) is 8.26. The molecule has 1 aromatic carbocycles. The molecular weight excluding hydrogens is 449 g/mol. The molecule has 1 amide bonds. The molecule has 10 nitrogen and oxygen atoms in total. The van der Waals surface area contributed by atoms with Gasteiger partial charge in [0.1, 0.15) is 17.8 Å². The van der Waals surface area contributed by atoms with E-state index < -0.39 is 11.7 Å². The predicted molar refractivity (Wildman–Crippen MR) is 125 cm³/mol. The van der Waals surface area contributed by atoms with Gasteiger partial charge in [0.15, 0.2) is 0 Å². The summed E-state index contributed by atoms with van der Waals surface area (Å²) in [6.07, 6.45) is 5.14. The molecule has 11 heteroatoms. The molecule has 0 bridgehead atoms. The van der Waals surface area contributed by atoms with E-state index in [1.807, 2.05) is 23.0 Å². The summed E-state index contributed by atoms with van der Waals surface area (Å²) in [5.74, 6) is -1.08. The molecule has 1 fully saturated rings. The second-order valence-electron chi connectivity index (χ2n) is 8.81. The van der Waals surface area contributed by atoms with Crippen LogP contribution in [0.25, 0.3) is 22.3 Å². The number of piperazine rings is 1. The highest BCUT2D eigenvalue weighted by Gasteiger charge is 2.41. The maximum Gasteiger partial charge on any atom is 0.256 e. The van der Waals surface area contributed by atoms with Crippen LogP contribution in [0.3, 0.4) is 0 Å². The van der Waals surface area contributed by atoms with Crippen LogP contribution in [0.15, 0.2) is 43.0 Å². The molecule has 1 unspecified atom stereocenters. The number of halogens is 1. The van der Waals surface area contributed by atoms with Crippen LogP contribution in [0.4, 0.5) is 4.39 Å². The number of nitrogens with zero attached hydrogens (tertiary/aromatic N) is 7. The third-order valence-electron chi connectivity index (χ3n) is 6.93. The number of hydrogen-bond acceptors (Lipinski definition) is 7. The minimum atomic E-state index is -0.690. The van der Waals surface area contributed by atoms with E-state index in [0.717, 1.165) is 34.1 Å². The lowest BCUT2D eigenvalue weighted by Crippen LogP contribution is -2.55. The van der Waals surface area contributed by atoms with Crippen LogP contribution in [0, 0.1) is 17.1 Å². The molecule has 35 heavy (non-hydrogen) atoms. The number of rotatable bonds is 3. The number of aromatic nitrogens is 5. The summed E-state index contributed by atoms with van der Waals surface area (Å²) in [5, 5.41) is 14.6. The Labute approximate surface area is 199 Å². The smallest absolute Gasteiger partial charge is 0.256 e. The molecule has 0 radical (unpaired) electrons. The Morgan fingerprint density at radius 2 is 2.14 bits per heavy atom. The van der Waals surface area contributed by atoms with Crippen molar-refractivity contribution in [3.05, 3.63) is 65.6 Å². The lowest BCUT2D eigenvalue weighted by atomic mass is 9.97. The highest BCUT2D eigenvalue weighted by molar-refractivity contribution is 5.95. The van der Waals surface area contributed by atoms with E-state index >= 15 is 0 Å². The van der Waals surface area contributed by atoms with Gasteiger partial charge in [0, 0.05) is 49.9 Å². The van der Waals surface area contributed by atoms with E-state index in [2.05, 4.69) is 25.0 Å². The summed E-state index contributed by atoms with van der Waals surface area (Å²) in [5.41, 5.74) is 9.54. The first-order chi connectivity index (χ1) is 17.1. The standard InChI is InChI=1S/C24H22FN9O/c25-19-7-14(8-26)1-2-16(19)24(35)33-6-5-32-11-15(9-27)34-22(20(32)12-33)18(10-31-34)21-17-3-4-28-23(17)30-13-29-21/h1-4,7,10,13,15,20H,5-6,9,11-12,27H2,(H,28,29,30)/t15?,20-/m1/s1. The van der Waals surface area contributed by atoms with E-state index in [1.54, 1.807) is 11.1 Å². The number of aromatic amines is 1. The van der Waals surface area contributed by atoms with Crippen LogP contribution >= 0.6 is 0 Å². The van der Waals surface area contributed by atoms with Crippen molar-refractivity contribution in [1.29, 1.82) is 5.26 Å². The summed E-state index contributed by atoms with van der Waals surface area (Å²) in [6.45, 7) is 2.60. The van der Waals surface area contributed by atoms with Gasteiger partial charge in [0.05, 0.1) is 46.9 Å². The Balaban J connectivity index is 1.40. The number of nitrogens with two attached hydrogens (primary N) is 1. The number of carbonyl (C=O) groups excluding carboxylic acids is 1. The average Bonchev–Trinajstić information content (AvgIpc) is 3.55. The minimum Gasteiger partial charge on any atom is -0.346 e. The van der Waals surface area contributed by atoms with Gasteiger partial charge in [0.25, 0.3) is 5.91 Å². The van der Waals surface area contributed by atoms with Crippen LogP contribution in [0.2, 0.25) is 0 Å². The summed E-state index contributed by atoms with van der Waals surface area (Å²) < 4.78 is 16.6. The normalized spacial score (nSPS) is 19.9. The number of nitriles is 1. The number of nitrogens with one attached hydrogen (secondary N) is 1. The molecule has 1 saturated heterocycles. The molecule has 3 aromatic heterocycles. The van der Waals surface area contributed by atoms with Gasteiger partial charge in [-0.15, -0.1) is 0 Å². The zero-order valence-electron chi connectivity index (χ0n) is 18.7. The van der Waals surface area contributed by atoms with E-state index in [9.17, 15) is 9.18 Å². The monoisotopic (exact) mass is 471 g/mol. The Morgan fingerprint density at radius 3 is 2.94 bits per heavy atom. The highest BCUT2D eigenvalue weighted by atomic mass is 19.1. The maximum atomic E-state index is 14.6. The number of carbonyl (C=O) groups is 1. The van der Waals surface area contributed by atoms with Crippen molar-refractivity contribution in [2.24, 2.45) is 5.73 Å². The van der Waals surface area contributed by atoms with Gasteiger partial charge in [-0.1, -0.05) is 0 Å². The topological polar surface area (TPSA) is 133 Å². The minimum absolute atomic E-state index is 0.00299. The summed E-state index contributed by atoms with van der Waals surface area (Å²) in [6, 6.07) is 7.61. The number of fused-ring (bicyclic) bond motifs is 4. The third kappa shape index (κ3) is 3.38. The van der Waals surface area contributed by atoms with Crippen LogP contribution in [0.5, 0.6) is 0 Å². The van der Waals surface area contributed by atoms with Gasteiger partial charge < -0.3 is 15.6 Å². The molecule has 0 spiro atoms. The van der Waals surface area contributed by atoms with Crippen molar-refractivity contribution >= 4 is 16.9 Å². The lowest BCUT2D eigenvalue weighted by Gasteiger charge is -2.46. The number of H-pyrrole nitrogens is 1. The molecule has 2 aliphatic heterocycles. The van der Waals surface area contributed by atoms with E-state index in [4.69, 9.17) is 11.0 Å². The van der Waals surface area contributed by atoms with Crippen LogP contribution < -0.4 is 5.73 Å². The van der Waals surface area contributed by atoms with E-state index in [1.165, 1.54) is 18.5 Å². The number of amides is 1. The lowest BCUT2D eigenvalue weighted by molar-refractivity contribution is 0.0306. The molecular formula is C24H22FN9O. The van der Waals surface area contributed by atoms with Crippen LogP contribution in [0.1, 0.15) is 33.7 Å². The Morgan fingerprint density at radius 1 is 1.26 bits per heavy atom. The van der Waals surface area contributed by atoms with Crippen molar-refractivity contribution in [2.75, 3.05) is 32.7 Å². The molecule has 3 N–H and O–H groups in total. The molecule has 5 heterocycles. The van der Waals surface area contributed by atoms with Crippen molar-refractivity contribution in [1.82, 2.24) is 34.5 Å². The van der Waals surface area contributed by atoms with Gasteiger partial charge in [-0.05, 0) is 24.3 Å². The van der Waals surface area contributed by atoms with Crippen LogP contribution in [-0.2, 0) is 0 Å². The van der Waals surface area contributed by atoms with Crippen molar-refractivity contribution < 1.29 is 9.18 Å². The zero-order valence-corrected chi connectivity index (χ0v) is 18.7. The van der Waals surface area contributed by atoms with E-state index in [0.29, 0.717) is 32.7 Å². The van der Waals surface area contributed by atoms with Gasteiger partial charge in [-0.25, -0.2) is 14.4 Å². The van der Waals surface area contributed by atoms with Gasteiger partial charge in [-0.2, -0.15) is 10.4 Å². The Bertz CT molecular complexity index is 1490. The van der Waals surface area contributed by atoms with Crippen molar-refractivity contribution in [3.63, 3.8) is 0 Å². The van der Waals surface area contributed by atoms with Gasteiger partial charge >= 0.3 is 0 Å². The Kier molecular flexibility index (Phi) is 5.05.